The van der Waals surface area contributed by atoms with E-state index in [1.807, 2.05) is 6.92 Å². The number of amides is 1. The van der Waals surface area contributed by atoms with Gasteiger partial charge in [0.25, 0.3) is 0 Å². The summed E-state index contributed by atoms with van der Waals surface area (Å²) in [6, 6.07) is 5.96. The van der Waals surface area contributed by atoms with Crippen LogP contribution >= 0.6 is 11.3 Å². The van der Waals surface area contributed by atoms with Gasteiger partial charge in [0, 0.05) is 43.8 Å². The Balaban J connectivity index is 1.99. The van der Waals surface area contributed by atoms with Gasteiger partial charge in [0.2, 0.25) is 15.9 Å². The quantitative estimate of drug-likeness (QED) is 0.836. The third-order valence-electron chi connectivity index (χ3n) is 3.46. The summed E-state index contributed by atoms with van der Waals surface area (Å²) in [5, 5.41) is 4.45. The van der Waals surface area contributed by atoms with Crippen LogP contribution in [0.5, 0.6) is 0 Å². The number of sulfonamides is 1. The van der Waals surface area contributed by atoms with Crippen molar-refractivity contribution in [3.8, 4) is 0 Å². The van der Waals surface area contributed by atoms with Gasteiger partial charge in [0.15, 0.2) is 0 Å². The summed E-state index contributed by atoms with van der Waals surface area (Å²) in [5.74, 6) is -0.240. The fraction of sp³-hybridized carbons (Fsp3) is 0.333. The molecule has 0 spiro atoms. The Kier molecular flexibility index (Phi) is 5.58. The Bertz CT molecular complexity index is 880. The molecular weight excluding hydrogens is 350 g/mol. The van der Waals surface area contributed by atoms with Crippen molar-refractivity contribution in [3.05, 3.63) is 45.0 Å². The van der Waals surface area contributed by atoms with Crippen LogP contribution in [0.25, 0.3) is 0 Å². The van der Waals surface area contributed by atoms with Crippen LogP contribution in [0.3, 0.4) is 0 Å². The highest BCUT2D eigenvalue weighted by Crippen LogP contribution is 2.16. The second kappa shape index (κ2) is 7.29. The molecular formula is C15H19N3O4S2. The van der Waals surface area contributed by atoms with Gasteiger partial charge in [0.05, 0.1) is 4.90 Å². The van der Waals surface area contributed by atoms with Crippen molar-refractivity contribution in [1.82, 2.24) is 8.87 Å². The van der Waals surface area contributed by atoms with Crippen molar-refractivity contribution in [2.45, 2.75) is 24.8 Å². The van der Waals surface area contributed by atoms with E-state index >= 15 is 0 Å². The van der Waals surface area contributed by atoms with Crippen LogP contribution in [-0.2, 0) is 21.4 Å². The molecule has 0 bridgehead atoms. The number of carbonyl (C=O) groups is 1. The highest BCUT2D eigenvalue weighted by Gasteiger charge is 2.16. The maximum absolute atomic E-state index is 12.0. The summed E-state index contributed by atoms with van der Waals surface area (Å²) in [6.45, 7) is 2.13. The van der Waals surface area contributed by atoms with E-state index < -0.39 is 10.0 Å². The predicted molar refractivity (Wildman–Crippen MR) is 93.9 cm³/mol. The van der Waals surface area contributed by atoms with Crippen molar-refractivity contribution in [1.29, 1.82) is 0 Å². The Morgan fingerprint density at radius 3 is 2.38 bits per heavy atom. The molecule has 130 valence electrons. The minimum Gasteiger partial charge on any atom is -0.326 e. The van der Waals surface area contributed by atoms with Crippen molar-refractivity contribution >= 4 is 33.0 Å². The molecule has 0 atom stereocenters. The summed E-state index contributed by atoms with van der Waals surface area (Å²) >= 11 is 1.11. The monoisotopic (exact) mass is 369 g/mol. The van der Waals surface area contributed by atoms with Crippen LogP contribution < -0.4 is 10.2 Å². The first-order valence-corrected chi connectivity index (χ1v) is 9.51. The smallest absolute Gasteiger partial charge is 0.307 e. The molecule has 0 aliphatic rings. The van der Waals surface area contributed by atoms with Crippen LogP contribution in [0.4, 0.5) is 5.69 Å². The van der Waals surface area contributed by atoms with Gasteiger partial charge in [-0.25, -0.2) is 12.7 Å². The highest BCUT2D eigenvalue weighted by atomic mass is 32.2. The average molecular weight is 369 g/mol. The molecule has 0 aliphatic heterocycles. The average Bonchev–Trinajstić information content (AvgIpc) is 2.84. The summed E-state index contributed by atoms with van der Waals surface area (Å²) in [5.41, 5.74) is 1.34. The van der Waals surface area contributed by atoms with Crippen molar-refractivity contribution in [3.63, 3.8) is 0 Å². The lowest BCUT2D eigenvalue weighted by atomic mass is 10.3. The normalized spacial score (nSPS) is 11.7. The first-order chi connectivity index (χ1) is 11.2. The van der Waals surface area contributed by atoms with Crippen LogP contribution in [0.1, 0.15) is 12.1 Å². The van der Waals surface area contributed by atoms with Gasteiger partial charge in [-0.3, -0.25) is 9.59 Å². The number of thiazole rings is 1. The number of carbonyl (C=O) groups excluding carboxylic acids is 1. The summed E-state index contributed by atoms with van der Waals surface area (Å²) < 4.78 is 26.6. The van der Waals surface area contributed by atoms with Gasteiger partial charge in [-0.05, 0) is 31.2 Å². The van der Waals surface area contributed by atoms with E-state index in [0.29, 0.717) is 12.2 Å². The van der Waals surface area contributed by atoms with Crippen molar-refractivity contribution < 1.29 is 13.2 Å². The molecule has 0 radical (unpaired) electrons. The van der Waals surface area contributed by atoms with Crippen molar-refractivity contribution in [2.24, 2.45) is 0 Å². The van der Waals surface area contributed by atoms with Gasteiger partial charge in [0.1, 0.15) is 0 Å². The van der Waals surface area contributed by atoms with Crippen molar-refractivity contribution in [2.75, 3.05) is 19.4 Å². The Hall–Kier alpha value is -1.97. The Morgan fingerprint density at radius 2 is 1.88 bits per heavy atom. The minimum atomic E-state index is -3.49. The molecule has 1 N–H and O–H groups in total. The number of rotatable bonds is 6. The molecule has 1 aromatic heterocycles. The molecule has 2 aromatic rings. The Labute approximate surface area is 144 Å². The zero-order chi connectivity index (χ0) is 17.9. The van der Waals surface area contributed by atoms with Crippen LogP contribution in [-0.4, -0.2) is 37.3 Å². The van der Waals surface area contributed by atoms with E-state index in [0.717, 1.165) is 21.3 Å². The fourth-order valence-electron chi connectivity index (χ4n) is 2.03. The number of hydrogen-bond acceptors (Lipinski definition) is 5. The minimum absolute atomic E-state index is 0.0847. The van der Waals surface area contributed by atoms with Gasteiger partial charge in [-0.15, -0.1) is 0 Å². The lowest BCUT2D eigenvalue weighted by molar-refractivity contribution is -0.116. The molecule has 24 heavy (non-hydrogen) atoms. The van der Waals surface area contributed by atoms with E-state index in [4.69, 9.17) is 0 Å². The maximum atomic E-state index is 12.0. The molecule has 7 nitrogen and oxygen atoms in total. The fourth-order valence-corrected chi connectivity index (χ4v) is 3.70. The van der Waals surface area contributed by atoms with E-state index in [1.165, 1.54) is 38.4 Å². The summed E-state index contributed by atoms with van der Waals surface area (Å²) in [7, 11) is -0.572. The number of nitrogens with zero attached hydrogens (tertiary/aromatic N) is 2. The van der Waals surface area contributed by atoms with E-state index in [-0.39, 0.29) is 22.1 Å². The Morgan fingerprint density at radius 1 is 1.25 bits per heavy atom. The summed E-state index contributed by atoms with van der Waals surface area (Å²) in [6.07, 6.45) is 0.162. The second-order valence-electron chi connectivity index (χ2n) is 5.40. The zero-order valence-corrected chi connectivity index (χ0v) is 15.3. The van der Waals surface area contributed by atoms with Gasteiger partial charge in [-0.2, -0.15) is 0 Å². The van der Waals surface area contributed by atoms with Crippen LogP contribution in [0.15, 0.2) is 39.3 Å². The van der Waals surface area contributed by atoms with Gasteiger partial charge in [-0.1, -0.05) is 11.3 Å². The van der Waals surface area contributed by atoms with Gasteiger partial charge < -0.3 is 9.88 Å². The molecule has 0 fully saturated rings. The third-order valence-corrected chi connectivity index (χ3v) is 6.17. The number of aromatic nitrogens is 1. The van der Waals surface area contributed by atoms with Crippen LogP contribution in [0, 0.1) is 6.92 Å². The zero-order valence-electron chi connectivity index (χ0n) is 13.6. The first-order valence-electron chi connectivity index (χ1n) is 7.19. The third kappa shape index (κ3) is 4.11. The van der Waals surface area contributed by atoms with Crippen LogP contribution in [0.2, 0.25) is 0 Å². The molecule has 0 saturated carbocycles. The van der Waals surface area contributed by atoms with Gasteiger partial charge >= 0.3 is 4.87 Å². The number of nitrogens with one attached hydrogen (secondary N) is 1. The molecule has 0 unspecified atom stereocenters. The van der Waals surface area contributed by atoms with E-state index in [9.17, 15) is 18.0 Å². The number of anilines is 1. The lowest BCUT2D eigenvalue weighted by Gasteiger charge is -2.12. The van der Waals surface area contributed by atoms with E-state index in [1.54, 1.807) is 9.95 Å². The first kappa shape index (κ1) is 18.4. The molecule has 1 aromatic carbocycles. The molecule has 2 rings (SSSR count). The molecule has 1 heterocycles. The maximum Gasteiger partial charge on any atom is 0.307 e. The molecule has 9 heteroatoms. The molecule has 1 amide bonds. The van der Waals surface area contributed by atoms with E-state index in [2.05, 4.69) is 5.32 Å². The summed E-state index contributed by atoms with van der Waals surface area (Å²) in [4.78, 5) is 23.6. The molecule has 0 aliphatic carbocycles. The lowest BCUT2D eigenvalue weighted by Crippen LogP contribution is -2.22. The molecule has 0 saturated heterocycles. The standard InChI is InChI=1S/C15H19N3O4S2/c1-11-10-23-15(20)18(11)9-8-14(19)16-12-4-6-13(7-5-12)24(21,22)17(2)3/h4-7,10H,8-9H2,1-3H3,(H,16,19). The highest BCUT2D eigenvalue weighted by molar-refractivity contribution is 7.89. The predicted octanol–water partition coefficient (Wildman–Crippen LogP) is 1.50. The second-order valence-corrected chi connectivity index (χ2v) is 8.38. The topological polar surface area (TPSA) is 88.5 Å². The largest absolute Gasteiger partial charge is 0.326 e. The SMILES string of the molecule is Cc1csc(=O)n1CCC(=O)Nc1ccc(S(=O)(=O)N(C)C)cc1. The number of hydrogen-bond donors (Lipinski definition) is 1. The number of aryl methyl sites for hydroxylation is 1. The number of benzene rings is 1.